The number of ether oxygens (including phenoxy) is 1. The summed E-state index contributed by atoms with van der Waals surface area (Å²) in [6.07, 6.45) is -0.370. The molecule has 0 radical (unpaired) electrons. The molecule has 1 atom stereocenters. The number of carbonyl (C=O) groups is 3. The first-order valence-corrected chi connectivity index (χ1v) is 11.8. The van der Waals surface area contributed by atoms with Gasteiger partial charge in [-0.05, 0) is 48.4 Å². The minimum Gasteiger partial charge on any atom is -0.481 e. The van der Waals surface area contributed by atoms with Crippen molar-refractivity contribution in [1.82, 2.24) is 10.2 Å². The molecule has 0 heterocycles. The van der Waals surface area contributed by atoms with E-state index in [4.69, 9.17) is 9.84 Å². The molecule has 2 N–H and O–H groups in total. The molecular formula is C27H34N2O5. The summed E-state index contributed by atoms with van der Waals surface area (Å²) in [6.45, 7) is 7.86. The summed E-state index contributed by atoms with van der Waals surface area (Å²) < 4.78 is 5.63. The average molecular weight is 467 g/mol. The summed E-state index contributed by atoms with van der Waals surface area (Å²) in [5.74, 6) is -1.18. The van der Waals surface area contributed by atoms with E-state index in [0.717, 1.165) is 22.3 Å². The van der Waals surface area contributed by atoms with E-state index < -0.39 is 18.1 Å². The van der Waals surface area contributed by atoms with Gasteiger partial charge in [-0.1, -0.05) is 62.4 Å². The molecule has 0 fully saturated rings. The molecule has 0 saturated heterocycles. The van der Waals surface area contributed by atoms with Crippen LogP contribution in [-0.4, -0.2) is 53.2 Å². The lowest BCUT2D eigenvalue weighted by atomic mass is 9.98. The van der Waals surface area contributed by atoms with Crippen molar-refractivity contribution in [3.8, 4) is 11.1 Å². The third-order valence-corrected chi connectivity index (χ3v) is 6.11. The zero-order valence-corrected chi connectivity index (χ0v) is 20.3. The number of carbonyl (C=O) groups excluding carboxylic acids is 2. The predicted molar refractivity (Wildman–Crippen MR) is 131 cm³/mol. The molecule has 0 saturated carbocycles. The normalized spacial score (nSPS) is 13.4. The molecule has 2 aromatic rings. The fourth-order valence-electron chi connectivity index (χ4n) is 4.51. The minimum absolute atomic E-state index is 0.0693. The molecule has 1 aliphatic rings. The van der Waals surface area contributed by atoms with Crippen molar-refractivity contribution in [2.24, 2.45) is 5.92 Å². The number of alkyl carbamates (subject to hydrolysis) is 1. The van der Waals surface area contributed by atoms with E-state index >= 15 is 0 Å². The highest BCUT2D eigenvalue weighted by atomic mass is 16.5. The molecule has 34 heavy (non-hydrogen) atoms. The fourth-order valence-corrected chi connectivity index (χ4v) is 4.51. The molecule has 0 bridgehead atoms. The number of fused-ring (bicyclic) bond motifs is 3. The van der Waals surface area contributed by atoms with Crippen LogP contribution in [0, 0.1) is 5.92 Å². The second-order valence-electron chi connectivity index (χ2n) is 9.42. The van der Waals surface area contributed by atoms with Crippen molar-refractivity contribution in [2.45, 2.75) is 58.5 Å². The van der Waals surface area contributed by atoms with Crippen molar-refractivity contribution in [1.29, 1.82) is 0 Å². The van der Waals surface area contributed by atoms with E-state index in [1.165, 1.54) is 4.90 Å². The van der Waals surface area contributed by atoms with Gasteiger partial charge < -0.3 is 20.1 Å². The number of hydrogen-bond acceptors (Lipinski definition) is 4. The molecule has 0 aliphatic heterocycles. The van der Waals surface area contributed by atoms with E-state index in [0.29, 0.717) is 6.42 Å². The number of nitrogens with zero attached hydrogens (tertiary/aromatic N) is 1. The summed E-state index contributed by atoms with van der Waals surface area (Å²) in [7, 11) is 0. The van der Waals surface area contributed by atoms with Crippen LogP contribution in [-0.2, 0) is 14.3 Å². The Bertz CT molecular complexity index is 988. The van der Waals surface area contributed by atoms with Gasteiger partial charge in [0.2, 0.25) is 5.91 Å². The van der Waals surface area contributed by atoms with Crippen LogP contribution in [0.1, 0.15) is 57.6 Å². The SMILES string of the molecule is CC(C)CC(NC(=O)OCC1c2ccccc2-c2ccccc21)C(=O)N(CCC(=O)O)C(C)C. The van der Waals surface area contributed by atoms with E-state index in [9.17, 15) is 14.4 Å². The van der Waals surface area contributed by atoms with Crippen LogP contribution in [0.2, 0.25) is 0 Å². The van der Waals surface area contributed by atoms with Gasteiger partial charge in [0.05, 0.1) is 6.42 Å². The van der Waals surface area contributed by atoms with Gasteiger partial charge in [-0.3, -0.25) is 9.59 Å². The molecule has 2 aromatic carbocycles. The molecule has 0 spiro atoms. The molecule has 3 rings (SSSR count). The number of benzene rings is 2. The molecule has 1 unspecified atom stereocenters. The molecule has 182 valence electrons. The summed E-state index contributed by atoms with van der Waals surface area (Å²) in [5, 5.41) is 11.8. The maximum absolute atomic E-state index is 13.2. The van der Waals surface area contributed by atoms with Crippen molar-refractivity contribution in [2.75, 3.05) is 13.2 Å². The number of amides is 2. The molecule has 7 nitrogen and oxygen atoms in total. The van der Waals surface area contributed by atoms with Gasteiger partial charge in [0.1, 0.15) is 12.6 Å². The molecule has 2 amide bonds. The van der Waals surface area contributed by atoms with Gasteiger partial charge in [0, 0.05) is 18.5 Å². The van der Waals surface area contributed by atoms with E-state index in [2.05, 4.69) is 29.6 Å². The highest BCUT2D eigenvalue weighted by Gasteiger charge is 2.31. The summed E-state index contributed by atoms with van der Waals surface area (Å²) >= 11 is 0. The van der Waals surface area contributed by atoms with Crippen LogP contribution in [0.4, 0.5) is 4.79 Å². The molecular weight excluding hydrogens is 432 g/mol. The molecule has 0 aromatic heterocycles. The maximum atomic E-state index is 13.2. The second-order valence-corrected chi connectivity index (χ2v) is 9.42. The Balaban J connectivity index is 1.69. The Morgan fingerprint density at radius 1 is 0.971 bits per heavy atom. The number of carboxylic acid groups (broad SMARTS) is 1. The van der Waals surface area contributed by atoms with Crippen LogP contribution in [0.15, 0.2) is 48.5 Å². The molecule has 1 aliphatic carbocycles. The Morgan fingerprint density at radius 2 is 1.53 bits per heavy atom. The van der Waals surface area contributed by atoms with Crippen molar-refractivity contribution in [3.63, 3.8) is 0 Å². The van der Waals surface area contributed by atoms with Gasteiger partial charge in [0.25, 0.3) is 0 Å². The Labute approximate surface area is 201 Å². The van der Waals surface area contributed by atoms with E-state index in [-0.39, 0.29) is 43.4 Å². The van der Waals surface area contributed by atoms with Crippen LogP contribution >= 0.6 is 0 Å². The van der Waals surface area contributed by atoms with Crippen LogP contribution in [0.25, 0.3) is 11.1 Å². The zero-order valence-electron chi connectivity index (χ0n) is 20.3. The fraction of sp³-hybridized carbons (Fsp3) is 0.444. The van der Waals surface area contributed by atoms with Crippen LogP contribution < -0.4 is 5.32 Å². The second kappa shape index (κ2) is 11.2. The Hall–Kier alpha value is -3.35. The third kappa shape index (κ3) is 5.95. The van der Waals surface area contributed by atoms with Gasteiger partial charge in [-0.2, -0.15) is 0 Å². The number of aliphatic carboxylic acids is 1. The van der Waals surface area contributed by atoms with Gasteiger partial charge >= 0.3 is 12.1 Å². The first-order valence-electron chi connectivity index (χ1n) is 11.8. The lowest BCUT2D eigenvalue weighted by molar-refractivity contribution is -0.140. The maximum Gasteiger partial charge on any atom is 0.407 e. The quantitative estimate of drug-likeness (QED) is 0.531. The highest BCUT2D eigenvalue weighted by Crippen LogP contribution is 2.44. The lowest BCUT2D eigenvalue weighted by Crippen LogP contribution is -2.51. The Kier molecular flexibility index (Phi) is 8.31. The van der Waals surface area contributed by atoms with Crippen LogP contribution in [0.5, 0.6) is 0 Å². The van der Waals surface area contributed by atoms with Crippen molar-refractivity contribution in [3.05, 3.63) is 59.7 Å². The summed E-state index contributed by atoms with van der Waals surface area (Å²) in [6, 6.07) is 15.2. The topological polar surface area (TPSA) is 95.9 Å². The molecule has 7 heteroatoms. The van der Waals surface area contributed by atoms with Gasteiger partial charge in [-0.15, -0.1) is 0 Å². The Morgan fingerprint density at radius 3 is 2.03 bits per heavy atom. The van der Waals surface area contributed by atoms with E-state index in [1.54, 1.807) is 0 Å². The lowest BCUT2D eigenvalue weighted by Gasteiger charge is -2.31. The van der Waals surface area contributed by atoms with Gasteiger partial charge in [-0.25, -0.2) is 4.79 Å². The standard InChI is InChI=1S/C27H34N2O5/c1-17(2)15-24(26(32)29(18(3)4)14-13-25(30)31)28-27(33)34-16-23-21-11-7-5-9-19(21)20-10-6-8-12-22(20)23/h5-12,17-18,23-24H,13-16H2,1-4H3,(H,28,33)(H,30,31). The van der Waals surface area contributed by atoms with Crippen LogP contribution in [0.3, 0.4) is 0 Å². The average Bonchev–Trinajstić information content (AvgIpc) is 3.10. The number of hydrogen-bond donors (Lipinski definition) is 2. The smallest absolute Gasteiger partial charge is 0.407 e. The summed E-state index contributed by atoms with van der Waals surface area (Å²) in [4.78, 5) is 38.5. The van der Waals surface area contributed by atoms with Crippen molar-refractivity contribution >= 4 is 18.0 Å². The first-order chi connectivity index (χ1) is 16.2. The number of rotatable bonds is 10. The number of carboxylic acids is 1. The predicted octanol–water partition coefficient (Wildman–Crippen LogP) is 4.65. The first kappa shape index (κ1) is 25.3. The third-order valence-electron chi connectivity index (χ3n) is 6.11. The van der Waals surface area contributed by atoms with Gasteiger partial charge in [0.15, 0.2) is 0 Å². The largest absolute Gasteiger partial charge is 0.481 e. The van der Waals surface area contributed by atoms with E-state index in [1.807, 2.05) is 52.0 Å². The summed E-state index contributed by atoms with van der Waals surface area (Å²) in [5.41, 5.74) is 4.52. The number of nitrogens with one attached hydrogen (secondary N) is 1. The van der Waals surface area contributed by atoms with Crippen molar-refractivity contribution < 1.29 is 24.2 Å². The zero-order chi connectivity index (χ0) is 24.8. The highest BCUT2D eigenvalue weighted by molar-refractivity contribution is 5.86. The minimum atomic E-state index is -0.969. The monoisotopic (exact) mass is 466 g/mol.